The Morgan fingerprint density at radius 3 is 1.21 bits per heavy atom. The van der Waals surface area contributed by atoms with Crippen molar-refractivity contribution < 1.29 is 0 Å². The van der Waals surface area contributed by atoms with Crippen LogP contribution in [0.25, 0.3) is 143 Å². The van der Waals surface area contributed by atoms with Gasteiger partial charge in [0.05, 0.1) is 33.5 Å². The number of para-hydroxylation sites is 2. The van der Waals surface area contributed by atoms with Gasteiger partial charge in [-0.1, -0.05) is 176 Å². The summed E-state index contributed by atoms with van der Waals surface area (Å²) in [7, 11) is 0. The van der Waals surface area contributed by atoms with Crippen LogP contribution in [-0.2, 0) is 0 Å². The molecule has 0 bridgehead atoms. The van der Waals surface area contributed by atoms with Crippen LogP contribution in [0.2, 0.25) is 0 Å². The van der Waals surface area contributed by atoms with Crippen LogP contribution in [0.3, 0.4) is 0 Å². The topological polar surface area (TPSA) is 35.6 Å². The summed E-state index contributed by atoms with van der Waals surface area (Å²) in [5.74, 6) is 0.629. The van der Waals surface area contributed by atoms with Crippen LogP contribution in [-0.4, -0.2) is 19.1 Å². The summed E-state index contributed by atoms with van der Waals surface area (Å²) in [6.07, 6.45) is 0. The van der Waals surface area contributed by atoms with Crippen LogP contribution in [0.1, 0.15) is 0 Å². The van der Waals surface area contributed by atoms with Crippen molar-refractivity contribution in [3.63, 3.8) is 0 Å². The highest BCUT2D eigenvalue weighted by atomic mass is 15.2. The van der Waals surface area contributed by atoms with E-state index in [0.29, 0.717) is 5.95 Å². The molecule has 324 valence electrons. The first kappa shape index (κ1) is 38.7. The van der Waals surface area contributed by atoms with E-state index < -0.39 is 0 Å². The second-order valence-corrected chi connectivity index (χ2v) is 18.5. The molecule has 3 heterocycles. The summed E-state index contributed by atoms with van der Waals surface area (Å²) >= 11 is 0. The zero-order valence-electron chi connectivity index (χ0n) is 37.9. The van der Waals surface area contributed by atoms with Gasteiger partial charge >= 0.3 is 0 Å². The number of aromatic nitrogens is 4. The van der Waals surface area contributed by atoms with Gasteiger partial charge in [0.25, 0.3) is 0 Å². The molecule has 0 amide bonds. The van der Waals surface area contributed by atoms with Crippen LogP contribution < -0.4 is 0 Å². The molecular formula is C66H40N4. The van der Waals surface area contributed by atoms with Crippen molar-refractivity contribution in [2.24, 2.45) is 0 Å². The highest BCUT2D eigenvalue weighted by molar-refractivity contribution is 6.16. The van der Waals surface area contributed by atoms with Crippen molar-refractivity contribution in [1.82, 2.24) is 19.1 Å². The fourth-order valence-electron chi connectivity index (χ4n) is 11.5. The summed E-state index contributed by atoms with van der Waals surface area (Å²) in [5.41, 5.74) is 11.9. The maximum Gasteiger partial charge on any atom is 0.235 e. The molecule has 0 N–H and O–H groups in total. The van der Waals surface area contributed by atoms with Gasteiger partial charge < -0.3 is 4.57 Å². The van der Waals surface area contributed by atoms with Crippen molar-refractivity contribution in [2.45, 2.75) is 0 Å². The molecule has 4 nitrogen and oxygen atoms in total. The molecule has 0 saturated heterocycles. The quantitative estimate of drug-likeness (QED) is 0.161. The third-order valence-corrected chi connectivity index (χ3v) is 14.7. The monoisotopic (exact) mass is 888 g/mol. The molecule has 0 fully saturated rings. The second-order valence-electron chi connectivity index (χ2n) is 18.5. The SMILES string of the molecule is c1ccc2cc(-n3c4ccccc4c4cc(-c5ccc6c(c5)c5ccccc5n6-c5nc(-c6cc7ccccc7c7ccccc67)cc(-c6cc7ccccc7c7ccccc67)n5)ccc43)ccc2c1. The normalized spacial score (nSPS) is 12.0. The summed E-state index contributed by atoms with van der Waals surface area (Å²) in [6.45, 7) is 0. The number of hydrogen-bond donors (Lipinski definition) is 0. The number of fused-ring (bicyclic) bond motifs is 13. The minimum absolute atomic E-state index is 0.629. The molecule has 0 unspecified atom stereocenters. The van der Waals surface area contributed by atoms with E-state index in [2.05, 4.69) is 252 Å². The van der Waals surface area contributed by atoms with Gasteiger partial charge in [-0.2, -0.15) is 0 Å². The van der Waals surface area contributed by atoms with E-state index in [9.17, 15) is 0 Å². The van der Waals surface area contributed by atoms with Crippen LogP contribution in [0.4, 0.5) is 0 Å². The summed E-state index contributed by atoms with van der Waals surface area (Å²) < 4.78 is 4.68. The number of nitrogens with zero attached hydrogens (tertiary/aromatic N) is 4. The first-order valence-electron chi connectivity index (χ1n) is 24.0. The van der Waals surface area contributed by atoms with Crippen LogP contribution >= 0.6 is 0 Å². The maximum atomic E-state index is 5.61. The lowest BCUT2D eigenvalue weighted by molar-refractivity contribution is 0.997. The molecule has 0 radical (unpaired) electrons. The van der Waals surface area contributed by atoms with Gasteiger partial charge in [0.15, 0.2) is 0 Å². The molecule has 15 aromatic rings. The fraction of sp³-hybridized carbons (Fsp3) is 0. The number of benzene rings is 12. The van der Waals surface area contributed by atoms with Gasteiger partial charge in [-0.05, 0) is 132 Å². The Hall–Kier alpha value is -9.38. The highest BCUT2D eigenvalue weighted by Gasteiger charge is 2.21. The van der Waals surface area contributed by atoms with Gasteiger partial charge in [-0.25, -0.2) is 9.97 Å². The summed E-state index contributed by atoms with van der Waals surface area (Å²) in [4.78, 5) is 11.2. The van der Waals surface area contributed by atoms with E-state index in [0.717, 1.165) is 66.3 Å². The molecule has 0 saturated carbocycles. The predicted octanol–water partition coefficient (Wildman–Crippen LogP) is 17.4. The van der Waals surface area contributed by atoms with E-state index in [1.807, 2.05) is 0 Å². The Kier molecular flexibility index (Phi) is 8.33. The van der Waals surface area contributed by atoms with Crippen molar-refractivity contribution in [1.29, 1.82) is 0 Å². The Morgan fingerprint density at radius 2 is 0.657 bits per heavy atom. The minimum Gasteiger partial charge on any atom is -0.309 e. The average Bonchev–Trinajstić information content (AvgIpc) is 3.94. The Morgan fingerprint density at radius 1 is 0.243 bits per heavy atom. The first-order valence-corrected chi connectivity index (χ1v) is 24.0. The molecule has 0 aliphatic carbocycles. The molecule has 0 spiro atoms. The lowest BCUT2D eigenvalue weighted by Crippen LogP contribution is -2.04. The standard InChI is InChI=1S/C66H40N4/c1-2-16-42-35-47(32-29-41(42)15-1)69-62-27-13-11-25-54(62)58-36-43(30-33-64(58)69)44-31-34-65-59(37-44)55-26-12-14-28-63(55)70(65)66-67-60(56-38-45-17-3-5-19-48(45)50-21-7-9-23-52(50)56)40-61(68-66)57-39-46-18-4-6-20-49(46)51-22-8-10-24-53(51)57/h1-40H. The molecule has 3 aromatic heterocycles. The van der Waals surface area contributed by atoms with E-state index in [1.165, 1.54) is 70.5 Å². The van der Waals surface area contributed by atoms with E-state index in [4.69, 9.17) is 9.97 Å². The smallest absolute Gasteiger partial charge is 0.235 e. The molecule has 0 aliphatic rings. The number of hydrogen-bond acceptors (Lipinski definition) is 2. The van der Waals surface area contributed by atoms with Gasteiger partial charge in [0.2, 0.25) is 5.95 Å². The Labute approximate surface area is 402 Å². The molecule has 0 aliphatic heterocycles. The molecule has 12 aromatic carbocycles. The largest absolute Gasteiger partial charge is 0.309 e. The average molecular weight is 889 g/mol. The maximum absolute atomic E-state index is 5.61. The predicted molar refractivity (Wildman–Crippen MR) is 295 cm³/mol. The van der Waals surface area contributed by atoms with Crippen LogP contribution in [0.15, 0.2) is 243 Å². The zero-order chi connectivity index (χ0) is 45.9. The van der Waals surface area contributed by atoms with E-state index in [-0.39, 0.29) is 0 Å². The van der Waals surface area contributed by atoms with E-state index >= 15 is 0 Å². The van der Waals surface area contributed by atoms with Gasteiger partial charge in [0.1, 0.15) is 0 Å². The molecular weight excluding hydrogens is 849 g/mol. The van der Waals surface area contributed by atoms with Crippen molar-refractivity contribution in [2.75, 3.05) is 0 Å². The van der Waals surface area contributed by atoms with Crippen molar-refractivity contribution in [3.05, 3.63) is 243 Å². The molecule has 0 atom stereocenters. The lowest BCUT2D eigenvalue weighted by atomic mass is 9.93. The minimum atomic E-state index is 0.629. The van der Waals surface area contributed by atoms with Gasteiger partial charge in [-0.3, -0.25) is 4.57 Å². The summed E-state index contributed by atoms with van der Waals surface area (Å²) in [6, 6.07) is 88.2. The van der Waals surface area contributed by atoms with Crippen molar-refractivity contribution >= 4 is 97.5 Å². The number of rotatable bonds is 5. The zero-order valence-corrected chi connectivity index (χ0v) is 37.9. The second kappa shape index (κ2) is 15.1. The molecule has 15 rings (SSSR count). The van der Waals surface area contributed by atoms with Crippen molar-refractivity contribution in [3.8, 4) is 45.3 Å². The Balaban J connectivity index is 0.954. The molecule has 70 heavy (non-hydrogen) atoms. The Bertz CT molecular complexity index is 4530. The highest BCUT2D eigenvalue weighted by Crippen LogP contribution is 2.42. The van der Waals surface area contributed by atoms with Crippen LogP contribution in [0.5, 0.6) is 0 Å². The third kappa shape index (κ3) is 5.84. The van der Waals surface area contributed by atoms with Crippen LogP contribution in [0, 0.1) is 0 Å². The van der Waals surface area contributed by atoms with Gasteiger partial charge in [0, 0.05) is 38.4 Å². The van der Waals surface area contributed by atoms with E-state index in [1.54, 1.807) is 0 Å². The first-order chi connectivity index (χ1) is 34.7. The van der Waals surface area contributed by atoms with Gasteiger partial charge in [-0.15, -0.1) is 0 Å². The third-order valence-electron chi connectivity index (χ3n) is 14.7. The lowest BCUT2D eigenvalue weighted by Gasteiger charge is -2.16. The molecule has 4 heteroatoms. The summed E-state index contributed by atoms with van der Waals surface area (Å²) in [5, 5.41) is 16.7. The fourth-order valence-corrected chi connectivity index (χ4v) is 11.5.